The Morgan fingerprint density at radius 1 is 1.35 bits per heavy atom. The van der Waals surface area contributed by atoms with Crippen molar-refractivity contribution in [2.45, 2.75) is 37.8 Å². The Balaban J connectivity index is 1.65. The average Bonchev–Trinajstić information content (AvgIpc) is 3.10. The van der Waals surface area contributed by atoms with E-state index in [1.54, 1.807) is 12.4 Å². The van der Waals surface area contributed by atoms with Gasteiger partial charge >= 0.3 is 0 Å². The topological polar surface area (TPSA) is 72.5 Å². The van der Waals surface area contributed by atoms with E-state index in [4.69, 9.17) is 0 Å². The number of nitrogens with one attached hydrogen (secondary N) is 1. The highest BCUT2D eigenvalue weighted by Crippen LogP contribution is 2.26. The summed E-state index contributed by atoms with van der Waals surface area (Å²) >= 11 is 0. The molecule has 3 heterocycles. The number of hydrogen-bond acceptors (Lipinski definition) is 4. The lowest BCUT2D eigenvalue weighted by atomic mass is 9.91. The lowest BCUT2D eigenvalue weighted by Crippen LogP contribution is -2.57. The number of hydrogen-bond donors (Lipinski definition) is 2. The first-order chi connectivity index (χ1) is 9.67. The van der Waals surface area contributed by atoms with Gasteiger partial charge < -0.3 is 15.0 Å². The van der Waals surface area contributed by atoms with Gasteiger partial charge in [-0.2, -0.15) is 0 Å². The maximum absolute atomic E-state index is 12.5. The lowest BCUT2D eigenvalue weighted by molar-refractivity contribution is -0.156. The maximum Gasteiger partial charge on any atom is 0.255 e. The van der Waals surface area contributed by atoms with Gasteiger partial charge in [0.05, 0.1) is 6.54 Å². The van der Waals surface area contributed by atoms with Crippen LogP contribution in [0.1, 0.15) is 31.5 Å². The molecular weight excluding hydrogens is 256 g/mol. The molecule has 6 nitrogen and oxygen atoms in total. The summed E-state index contributed by atoms with van der Waals surface area (Å²) in [5.74, 6) is 0.794. The molecule has 1 atom stereocenters. The molecule has 1 aromatic rings. The van der Waals surface area contributed by atoms with E-state index in [0.717, 1.165) is 44.7 Å². The van der Waals surface area contributed by atoms with Crippen LogP contribution in [0.4, 0.5) is 0 Å². The van der Waals surface area contributed by atoms with Gasteiger partial charge in [-0.1, -0.05) is 0 Å². The van der Waals surface area contributed by atoms with Gasteiger partial charge in [0, 0.05) is 32.0 Å². The summed E-state index contributed by atoms with van der Waals surface area (Å²) in [6.07, 6.45) is 7.03. The van der Waals surface area contributed by atoms with Crippen LogP contribution in [0.15, 0.2) is 12.4 Å². The van der Waals surface area contributed by atoms with E-state index in [-0.39, 0.29) is 5.91 Å². The SMILES string of the molecule is O=C(N1CCCC1)C1(O)CCCN(Cc2ncc[nH]2)C1. The Kier molecular flexibility index (Phi) is 3.76. The van der Waals surface area contributed by atoms with Crippen molar-refractivity contribution in [3.05, 3.63) is 18.2 Å². The summed E-state index contributed by atoms with van der Waals surface area (Å²) in [5, 5.41) is 10.7. The van der Waals surface area contributed by atoms with E-state index in [0.29, 0.717) is 19.5 Å². The van der Waals surface area contributed by atoms with E-state index >= 15 is 0 Å². The number of aliphatic hydroxyl groups is 1. The van der Waals surface area contributed by atoms with Gasteiger partial charge in [-0.25, -0.2) is 4.98 Å². The number of nitrogens with zero attached hydrogens (tertiary/aromatic N) is 3. The van der Waals surface area contributed by atoms with E-state index in [1.807, 2.05) is 4.90 Å². The molecule has 2 N–H and O–H groups in total. The van der Waals surface area contributed by atoms with Crippen LogP contribution in [0.3, 0.4) is 0 Å². The smallest absolute Gasteiger partial charge is 0.255 e. The molecule has 0 spiro atoms. The fraction of sp³-hybridized carbons (Fsp3) is 0.714. The minimum absolute atomic E-state index is 0.0841. The van der Waals surface area contributed by atoms with Crippen molar-refractivity contribution in [2.24, 2.45) is 0 Å². The number of carbonyl (C=O) groups is 1. The van der Waals surface area contributed by atoms with Gasteiger partial charge in [0.25, 0.3) is 5.91 Å². The molecule has 6 heteroatoms. The normalized spacial score (nSPS) is 27.9. The van der Waals surface area contributed by atoms with Crippen molar-refractivity contribution in [3.8, 4) is 0 Å². The van der Waals surface area contributed by atoms with Gasteiger partial charge in [0.1, 0.15) is 5.82 Å². The van der Waals surface area contributed by atoms with Gasteiger partial charge in [-0.15, -0.1) is 0 Å². The Morgan fingerprint density at radius 3 is 2.85 bits per heavy atom. The number of carbonyl (C=O) groups excluding carboxylic acids is 1. The molecule has 0 bridgehead atoms. The van der Waals surface area contributed by atoms with Gasteiger partial charge in [-0.05, 0) is 32.2 Å². The van der Waals surface area contributed by atoms with Crippen LogP contribution in [-0.2, 0) is 11.3 Å². The summed E-state index contributed by atoms with van der Waals surface area (Å²) in [6.45, 7) is 3.54. The maximum atomic E-state index is 12.5. The molecule has 1 amide bonds. The van der Waals surface area contributed by atoms with Crippen molar-refractivity contribution in [1.82, 2.24) is 19.8 Å². The summed E-state index contributed by atoms with van der Waals surface area (Å²) in [5.41, 5.74) is -1.21. The first-order valence-electron chi connectivity index (χ1n) is 7.40. The number of likely N-dealkylation sites (tertiary alicyclic amines) is 2. The number of β-amino-alcohol motifs (C(OH)–C–C–N with tert-alkyl or cyclic N) is 1. The Labute approximate surface area is 118 Å². The second kappa shape index (κ2) is 5.54. The van der Waals surface area contributed by atoms with Crippen molar-refractivity contribution < 1.29 is 9.90 Å². The molecule has 2 saturated heterocycles. The molecule has 20 heavy (non-hydrogen) atoms. The predicted octanol–water partition coefficient (Wildman–Crippen LogP) is 0.359. The number of piperidine rings is 1. The molecule has 2 fully saturated rings. The number of imidazole rings is 1. The first kappa shape index (κ1) is 13.6. The highest BCUT2D eigenvalue weighted by atomic mass is 16.3. The molecule has 3 rings (SSSR count). The number of H-pyrrole nitrogens is 1. The highest BCUT2D eigenvalue weighted by Gasteiger charge is 2.43. The first-order valence-corrected chi connectivity index (χ1v) is 7.40. The van der Waals surface area contributed by atoms with Crippen molar-refractivity contribution in [1.29, 1.82) is 0 Å². The largest absolute Gasteiger partial charge is 0.379 e. The fourth-order valence-corrected chi connectivity index (χ4v) is 3.24. The van der Waals surface area contributed by atoms with E-state index < -0.39 is 5.60 Å². The second-order valence-electron chi connectivity index (χ2n) is 5.88. The zero-order chi connectivity index (χ0) is 14.0. The molecule has 0 saturated carbocycles. The summed E-state index contributed by atoms with van der Waals surface area (Å²) in [6, 6.07) is 0. The second-order valence-corrected chi connectivity index (χ2v) is 5.88. The van der Waals surface area contributed by atoms with Crippen LogP contribution >= 0.6 is 0 Å². The summed E-state index contributed by atoms with van der Waals surface area (Å²) < 4.78 is 0. The van der Waals surface area contributed by atoms with Crippen LogP contribution in [0.5, 0.6) is 0 Å². The number of rotatable bonds is 3. The lowest BCUT2D eigenvalue weighted by Gasteiger charge is -2.39. The zero-order valence-corrected chi connectivity index (χ0v) is 11.7. The number of aromatic amines is 1. The van der Waals surface area contributed by atoms with Crippen LogP contribution in [0.25, 0.3) is 0 Å². The van der Waals surface area contributed by atoms with Crippen LogP contribution < -0.4 is 0 Å². The Hall–Kier alpha value is -1.40. The van der Waals surface area contributed by atoms with Gasteiger partial charge in [0.15, 0.2) is 5.60 Å². The van der Waals surface area contributed by atoms with Crippen molar-refractivity contribution >= 4 is 5.91 Å². The minimum Gasteiger partial charge on any atom is -0.379 e. The van der Waals surface area contributed by atoms with Crippen LogP contribution in [0.2, 0.25) is 0 Å². The Bertz CT molecular complexity index is 456. The third-order valence-corrected chi connectivity index (χ3v) is 4.27. The van der Waals surface area contributed by atoms with Crippen LogP contribution in [0, 0.1) is 0 Å². The standard InChI is InChI=1S/C14H22N4O2/c19-13(18-8-1-2-9-18)14(20)4-3-7-17(11-14)10-12-15-5-6-16-12/h5-6,20H,1-4,7-11H2,(H,15,16). The molecule has 0 radical (unpaired) electrons. The zero-order valence-electron chi connectivity index (χ0n) is 11.7. The molecule has 110 valence electrons. The molecule has 1 aromatic heterocycles. The van der Waals surface area contributed by atoms with Crippen molar-refractivity contribution in [2.75, 3.05) is 26.2 Å². The van der Waals surface area contributed by atoms with Crippen molar-refractivity contribution in [3.63, 3.8) is 0 Å². The van der Waals surface area contributed by atoms with Gasteiger partial charge in [0.2, 0.25) is 0 Å². The molecule has 1 unspecified atom stereocenters. The summed E-state index contributed by atoms with van der Waals surface area (Å²) in [4.78, 5) is 23.7. The van der Waals surface area contributed by atoms with E-state index in [1.165, 1.54) is 0 Å². The molecule has 0 aromatic carbocycles. The minimum atomic E-state index is -1.21. The Morgan fingerprint density at radius 2 is 2.15 bits per heavy atom. The fourth-order valence-electron chi connectivity index (χ4n) is 3.24. The monoisotopic (exact) mass is 278 g/mol. The molecular formula is C14H22N4O2. The average molecular weight is 278 g/mol. The van der Waals surface area contributed by atoms with Crippen LogP contribution in [-0.4, -0.2) is 62.6 Å². The predicted molar refractivity (Wildman–Crippen MR) is 73.9 cm³/mol. The molecule has 2 aliphatic heterocycles. The number of aromatic nitrogens is 2. The number of amides is 1. The third-order valence-electron chi connectivity index (χ3n) is 4.27. The summed E-state index contributed by atoms with van der Waals surface area (Å²) in [7, 11) is 0. The van der Waals surface area contributed by atoms with E-state index in [9.17, 15) is 9.90 Å². The quantitative estimate of drug-likeness (QED) is 0.837. The highest BCUT2D eigenvalue weighted by molar-refractivity contribution is 5.85. The van der Waals surface area contributed by atoms with Gasteiger partial charge in [-0.3, -0.25) is 9.69 Å². The third kappa shape index (κ3) is 2.71. The van der Waals surface area contributed by atoms with E-state index in [2.05, 4.69) is 14.9 Å². The molecule has 0 aliphatic carbocycles. The molecule has 2 aliphatic rings.